The summed E-state index contributed by atoms with van der Waals surface area (Å²) >= 11 is 7.67. The molecule has 0 aliphatic carbocycles. The second kappa shape index (κ2) is 7.81. The van der Waals surface area contributed by atoms with E-state index in [1.165, 1.54) is 11.3 Å². The van der Waals surface area contributed by atoms with Crippen LogP contribution in [0.15, 0.2) is 53.1 Å². The van der Waals surface area contributed by atoms with E-state index in [2.05, 4.69) is 15.5 Å². The first-order valence-electron chi connectivity index (χ1n) is 9.01. The minimum absolute atomic E-state index is 0.301. The number of nitrogens with one attached hydrogen (secondary N) is 1. The van der Waals surface area contributed by atoms with Crippen molar-refractivity contribution in [3.63, 3.8) is 0 Å². The summed E-state index contributed by atoms with van der Waals surface area (Å²) in [6.45, 7) is 5.65. The van der Waals surface area contributed by atoms with Crippen LogP contribution in [-0.4, -0.2) is 16.0 Å². The van der Waals surface area contributed by atoms with E-state index in [-0.39, 0.29) is 5.91 Å². The van der Waals surface area contributed by atoms with Gasteiger partial charge in [0.15, 0.2) is 5.13 Å². The smallest absolute Gasteiger partial charge is 0.263 e. The molecule has 0 aliphatic rings. The lowest BCUT2D eigenvalue weighted by molar-refractivity contribution is 0.102. The summed E-state index contributed by atoms with van der Waals surface area (Å²) < 4.78 is 5.29. The van der Waals surface area contributed by atoms with Crippen LogP contribution in [-0.2, 0) is 0 Å². The Labute approximate surface area is 177 Å². The van der Waals surface area contributed by atoms with E-state index in [1.807, 2.05) is 62.4 Å². The average molecular weight is 424 g/mol. The Morgan fingerprint density at radius 1 is 1.03 bits per heavy atom. The van der Waals surface area contributed by atoms with Crippen molar-refractivity contribution in [2.24, 2.45) is 0 Å². The van der Waals surface area contributed by atoms with Gasteiger partial charge in [-0.1, -0.05) is 59.2 Å². The highest BCUT2D eigenvalue weighted by molar-refractivity contribution is 7.16. The van der Waals surface area contributed by atoms with Crippen LogP contribution in [0, 0.1) is 20.8 Å². The molecule has 0 atom stereocenters. The molecule has 0 saturated heterocycles. The van der Waals surface area contributed by atoms with E-state index in [0.29, 0.717) is 27.2 Å². The fourth-order valence-corrected chi connectivity index (χ4v) is 4.06. The molecule has 2 heterocycles. The van der Waals surface area contributed by atoms with Gasteiger partial charge in [-0.25, -0.2) is 4.98 Å². The van der Waals surface area contributed by atoms with Crippen molar-refractivity contribution in [2.45, 2.75) is 20.8 Å². The molecule has 4 aromatic rings. The molecule has 0 aliphatic heterocycles. The first-order chi connectivity index (χ1) is 13.9. The molecule has 0 unspecified atom stereocenters. The molecule has 0 radical (unpaired) electrons. The van der Waals surface area contributed by atoms with Crippen molar-refractivity contribution in [2.75, 3.05) is 5.32 Å². The van der Waals surface area contributed by atoms with E-state index in [9.17, 15) is 4.79 Å². The Bertz CT molecular complexity index is 1200. The van der Waals surface area contributed by atoms with Crippen LogP contribution in [0.3, 0.4) is 0 Å². The van der Waals surface area contributed by atoms with Crippen LogP contribution in [0.4, 0.5) is 5.13 Å². The van der Waals surface area contributed by atoms with Gasteiger partial charge in [-0.05, 0) is 32.4 Å². The van der Waals surface area contributed by atoms with E-state index in [0.717, 1.165) is 27.3 Å². The lowest BCUT2D eigenvalue weighted by atomic mass is 10.1. The fourth-order valence-electron chi connectivity index (χ4n) is 3.05. The van der Waals surface area contributed by atoms with Crippen molar-refractivity contribution in [1.82, 2.24) is 10.1 Å². The number of carbonyl (C=O) groups excluding carboxylic acids is 1. The number of hydrogen-bond acceptors (Lipinski definition) is 5. The summed E-state index contributed by atoms with van der Waals surface area (Å²) in [6, 6.07) is 15.3. The standard InChI is InChI=1S/C22H18ClN3O2S/c1-12-9-10-16(11-17(12)23)19-14(3)29-22(24-19)25-21(27)18-13(2)28-26-20(18)15-7-5-4-6-8-15/h4-11H,1-3H3,(H,24,25,27). The summed E-state index contributed by atoms with van der Waals surface area (Å²) in [5, 5.41) is 8.16. The van der Waals surface area contributed by atoms with Gasteiger partial charge in [-0.2, -0.15) is 0 Å². The molecule has 7 heteroatoms. The van der Waals surface area contributed by atoms with E-state index < -0.39 is 0 Å². The maximum atomic E-state index is 13.0. The molecule has 1 N–H and O–H groups in total. The van der Waals surface area contributed by atoms with Gasteiger partial charge >= 0.3 is 0 Å². The van der Waals surface area contributed by atoms with Crippen LogP contribution in [0.2, 0.25) is 5.02 Å². The summed E-state index contributed by atoms with van der Waals surface area (Å²) in [6.07, 6.45) is 0. The third-order valence-electron chi connectivity index (χ3n) is 4.60. The number of rotatable bonds is 4. The van der Waals surface area contributed by atoms with Gasteiger partial charge in [0.1, 0.15) is 17.0 Å². The van der Waals surface area contributed by atoms with Crippen molar-refractivity contribution in [3.8, 4) is 22.5 Å². The Balaban J connectivity index is 1.64. The fraction of sp³-hybridized carbons (Fsp3) is 0.136. The Hall–Kier alpha value is -2.96. The maximum Gasteiger partial charge on any atom is 0.263 e. The Kier molecular flexibility index (Phi) is 5.22. The second-order valence-corrected chi connectivity index (χ2v) is 8.28. The Morgan fingerprint density at radius 2 is 1.79 bits per heavy atom. The van der Waals surface area contributed by atoms with Gasteiger partial charge < -0.3 is 4.52 Å². The average Bonchev–Trinajstić information content (AvgIpc) is 3.27. The molecule has 0 fully saturated rings. The minimum Gasteiger partial charge on any atom is -0.360 e. The van der Waals surface area contributed by atoms with Gasteiger partial charge in [0.25, 0.3) is 5.91 Å². The van der Waals surface area contributed by atoms with Crippen molar-refractivity contribution in [1.29, 1.82) is 0 Å². The first-order valence-corrected chi connectivity index (χ1v) is 10.2. The lowest BCUT2D eigenvalue weighted by Crippen LogP contribution is -2.13. The van der Waals surface area contributed by atoms with Gasteiger partial charge in [-0.15, -0.1) is 11.3 Å². The number of benzene rings is 2. The molecule has 0 saturated carbocycles. The number of amides is 1. The highest BCUT2D eigenvalue weighted by Crippen LogP contribution is 2.33. The molecule has 4 rings (SSSR count). The predicted octanol–water partition coefficient (Wildman–Crippen LogP) is 6.30. The lowest BCUT2D eigenvalue weighted by Gasteiger charge is -2.03. The molecular formula is C22H18ClN3O2S. The quantitative estimate of drug-likeness (QED) is 0.418. The number of aryl methyl sites for hydroxylation is 3. The zero-order chi connectivity index (χ0) is 20.5. The molecule has 0 bridgehead atoms. The first kappa shape index (κ1) is 19.4. The minimum atomic E-state index is -0.301. The number of hydrogen-bond donors (Lipinski definition) is 1. The second-order valence-electron chi connectivity index (χ2n) is 6.67. The third-order valence-corrected chi connectivity index (χ3v) is 5.89. The molecular weight excluding hydrogens is 406 g/mol. The topological polar surface area (TPSA) is 68.0 Å². The normalized spacial score (nSPS) is 10.9. The maximum absolute atomic E-state index is 13.0. The van der Waals surface area contributed by atoms with E-state index in [4.69, 9.17) is 16.1 Å². The summed E-state index contributed by atoms with van der Waals surface area (Å²) in [5.74, 6) is 0.157. The monoisotopic (exact) mass is 423 g/mol. The van der Waals surface area contributed by atoms with Crippen LogP contribution >= 0.6 is 22.9 Å². The van der Waals surface area contributed by atoms with Gasteiger partial charge in [0, 0.05) is 21.0 Å². The van der Waals surface area contributed by atoms with Crippen molar-refractivity contribution >= 4 is 34.0 Å². The number of carbonyl (C=O) groups is 1. The number of nitrogens with zero attached hydrogens (tertiary/aromatic N) is 2. The SMILES string of the molecule is Cc1ccc(-c2nc(NC(=O)c3c(-c4ccccc4)noc3C)sc2C)cc1Cl. The van der Waals surface area contributed by atoms with Crippen molar-refractivity contribution in [3.05, 3.63) is 75.3 Å². The summed E-state index contributed by atoms with van der Waals surface area (Å²) in [7, 11) is 0. The predicted molar refractivity (Wildman–Crippen MR) is 117 cm³/mol. The third kappa shape index (κ3) is 3.81. The van der Waals surface area contributed by atoms with E-state index >= 15 is 0 Å². The summed E-state index contributed by atoms with van der Waals surface area (Å²) in [4.78, 5) is 18.6. The molecule has 1 amide bonds. The molecule has 2 aromatic carbocycles. The van der Waals surface area contributed by atoms with Crippen molar-refractivity contribution < 1.29 is 9.32 Å². The number of halogens is 1. The zero-order valence-corrected chi connectivity index (χ0v) is 17.7. The molecule has 2 aromatic heterocycles. The van der Waals surface area contributed by atoms with Crippen LogP contribution in [0.25, 0.3) is 22.5 Å². The van der Waals surface area contributed by atoms with E-state index in [1.54, 1.807) is 6.92 Å². The number of aromatic nitrogens is 2. The van der Waals surface area contributed by atoms with Crippen LogP contribution in [0.5, 0.6) is 0 Å². The largest absolute Gasteiger partial charge is 0.360 e. The summed E-state index contributed by atoms with van der Waals surface area (Å²) in [5.41, 5.74) is 4.47. The highest BCUT2D eigenvalue weighted by atomic mass is 35.5. The van der Waals surface area contributed by atoms with Crippen LogP contribution in [0.1, 0.15) is 26.6 Å². The molecule has 0 spiro atoms. The molecule has 146 valence electrons. The van der Waals surface area contributed by atoms with Crippen LogP contribution < -0.4 is 5.32 Å². The zero-order valence-electron chi connectivity index (χ0n) is 16.1. The molecule has 29 heavy (non-hydrogen) atoms. The van der Waals surface area contributed by atoms with Gasteiger partial charge in [0.05, 0.1) is 5.69 Å². The number of thiazole rings is 1. The Morgan fingerprint density at radius 3 is 2.52 bits per heavy atom. The van der Waals surface area contributed by atoms with Gasteiger partial charge in [0.2, 0.25) is 0 Å². The highest BCUT2D eigenvalue weighted by Gasteiger charge is 2.23. The van der Waals surface area contributed by atoms with Gasteiger partial charge in [-0.3, -0.25) is 10.1 Å². The number of anilines is 1. The molecule has 5 nitrogen and oxygen atoms in total.